The van der Waals surface area contributed by atoms with E-state index in [9.17, 15) is 9.00 Å². The number of hydrogen-bond acceptors (Lipinski definition) is 4. The van der Waals surface area contributed by atoms with Crippen molar-refractivity contribution in [2.45, 2.75) is 24.1 Å². The van der Waals surface area contributed by atoms with Gasteiger partial charge >= 0.3 is 0 Å². The number of rotatable bonds is 6. The van der Waals surface area contributed by atoms with Crippen molar-refractivity contribution in [3.63, 3.8) is 0 Å². The summed E-state index contributed by atoms with van der Waals surface area (Å²) in [6.45, 7) is 5.24. The number of para-hydroxylation sites is 1. The number of piperidine rings is 1. The summed E-state index contributed by atoms with van der Waals surface area (Å²) in [4.78, 5) is 17.1. The lowest BCUT2D eigenvalue weighted by Crippen LogP contribution is -2.60. The van der Waals surface area contributed by atoms with Gasteiger partial charge in [0.1, 0.15) is 15.7 Å². The van der Waals surface area contributed by atoms with Gasteiger partial charge in [0.05, 0.1) is 0 Å². The van der Waals surface area contributed by atoms with Gasteiger partial charge in [-0.05, 0) is 30.5 Å². The molecule has 2 fully saturated rings. The van der Waals surface area contributed by atoms with E-state index in [-0.39, 0.29) is 0 Å². The molecule has 0 aliphatic carbocycles. The maximum Gasteiger partial charge on any atom is 0.237 e. The average molecular weight is 427 g/mol. The Morgan fingerprint density at radius 3 is 2.00 bits per heavy atom. The monoisotopic (exact) mass is 426 g/mol. The van der Waals surface area contributed by atoms with Crippen molar-refractivity contribution >= 4 is 22.6 Å². The van der Waals surface area contributed by atoms with Gasteiger partial charge in [-0.3, -0.25) is 9.69 Å². The first-order valence-corrected chi connectivity index (χ1v) is 11.7. The predicted molar refractivity (Wildman–Crippen MR) is 121 cm³/mol. The van der Waals surface area contributed by atoms with Gasteiger partial charge in [-0.15, -0.1) is 0 Å². The van der Waals surface area contributed by atoms with Gasteiger partial charge in [0, 0.05) is 51.5 Å². The van der Waals surface area contributed by atoms with Crippen LogP contribution in [0.1, 0.15) is 18.4 Å². The summed E-state index contributed by atoms with van der Waals surface area (Å²) in [5.74, 6) is -0.425. The number of hydrogen-bond donors (Lipinski definition) is 1. The molecule has 4 rings (SSSR count). The zero-order valence-electron chi connectivity index (χ0n) is 17.3. The van der Waals surface area contributed by atoms with E-state index in [0.29, 0.717) is 25.9 Å². The minimum atomic E-state index is -1.41. The smallest absolute Gasteiger partial charge is 0.237 e. The Bertz CT molecular complexity index is 861. The number of nitrogens with zero attached hydrogens (tertiary/aromatic N) is 3. The molecule has 6 nitrogen and oxygen atoms in total. The Balaban J connectivity index is 1.37. The van der Waals surface area contributed by atoms with Crippen LogP contribution in [0.25, 0.3) is 0 Å². The van der Waals surface area contributed by atoms with Gasteiger partial charge < -0.3 is 10.6 Å². The van der Waals surface area contributed by atoms with E-state index in [1.54, 1.807) is 0 Å². The molecule has 2 heterocycles. The second kappa shape index (κ2) is 9.29. The molecule has 2 aromatic carbocycles. The zero-order chi connectivity index (χ0) is 21.0. The van der Waals surface area contributed by atoms with Crippen LogP contribution in [0.5, 0.6) is 0 Å². The van der Waals surface area contributed by atoms with Gasteiger partial charge in [0.25, 0.3) is 0 Å². The molecule has 2 saturated heterocycles. The van der Waals surface area contributed by atoms with E-state index in [1.165, 1.54) is 11.3 Å². The molecule has 0 spiro atoms. The third-order valence-corrected chi connectivity index (χ3v) is 8.40. The maximum absolute atomic E-state index is 13.5. The van der Waals surface area contributed by atoms with E-state index in [4.69, 9.17) is 5.73 Å². The van der Waals surface area contributed by atoms with Crippen LogP contribution in [0.4, 0.5) is 5.69 Å². The summed E-state index contributed by atoms with van der Waals surface area (Å²) in [6, 6.07) is 20.6. The summed E-state index contributed by atoms with van der Waals surface area (Å²) in [6.07, 6.45) is 1.08. The standard InChI is InChI=1S/C23H30N4O2S/c24-22(28)23(11-13-25(14-12-23)19-20-7-3-1-4-8-20)30(29)27-17-15-26(16-18-27)21-9-5-2-6-10-21/h1-10H,11-19H2,(H2,24,28). The second-order valence-electron chi connectivity index (χ2n) is 8.12. The number of amides is 1. The predicted octanol–water partition coefficient (Wildman–Crippen LogP) is 1.99. The molecule has 160 valence electrons. The molecule has 0 saturated carbocycles. The Kier molecular flexibility index (Phi) is 6.51. The first-order valence-electron chi connectivity index (χ1n) is 10.6. The largest absolute Gasteiger partial charge is 0.369 e. The molecule has 0 aromatic heterocycles. The molecule has 1 amide bonds. The van der Waals surface area contributed by atoms with Crippen molar-refractivity contribution in [2.24, 2.45) is 5.73 Å². The fraction of sp³-hybridized carbons (Fsp3) is 0.435. The van der Waals surface area contributed by atoms with Crippen molar-refractivity contribution in [2.75, 3.05) is 44.2 Å². The van der Waals surface area contributed by atoms with Crippen LogP contribution >= 0.6 is 0 Å². The molecule has 7 heteroatoms. The molecule has 0 bridgehead atoms. The molecular formula is C23H30N4O2S. The van der Waals surface area contributed by atoms with Crippen molar-refractivity contribution in [1.29, 1.82) is 0 Å². The van der Waals surface area contributed by atoms with E-state index < -0.39 is 21.6 Å². The Morgan fingerprint density at radius 1 is 0.867 bits per heavy atom. The fourth-order valence-electron chi connectivity index (χ4n) is 4.42. The molecule has 0 radical (unpaired) electrons. The SMILES string of the molecule is NC(=O)C1(S(=O)N2CCN(c3ccccc3)CC2)CCN(Cc2ccccc2)CC1. The van der Waals surface area contributed by atoms with Crippen molar-refractivity contribution in [1.82, 2.24) is 9.21 Å². The first-order chi connectivity index (χ1) is 14.6. The lowest BCUT2D eigenvalue weighted by Gasteiger charge is -2.43. The van der Waals surface area contributed by atoms with Crippen molar-refractivity contribution in [3.05, 3.63) is 66.2 Å². The molecule has 30 heavy (non-hydrogen) atoms. The highest BCUT2D eigenvalue weighted by molar-refractivity contribution is 7.85. The Morgan fingerprint density at radius 2 is 1.43 bits per heavy atom. The number of likely N-dealkylation sites (tertiary alicyclic amines) is 1. The highest BCUT2D eigenvalue weighted by Crippen LogP contribution is 2.32. The third kappa shape index (κ3) is 4.43. The molecule has 2 aromatic rings. The summed E-state index contributed by atoms with van der Waals surface area (Å²) >= 11 is 0. The van der Waals surface area contributed by atoms with Crippen LogP contribution in [-0.2, 0) is 22.3 Å². The first kappa shape index (κ1) is 21.0. The van der Waals surface area contributed by atoms with Crippen molar-refractivity contribution in [3.8, 4) is 0 Å². The third-order valence-electron chi connectivity index (χ3n) is 6.29. The normalized spacial score (nSPS) is 21.3. The van der Waals surface area contributed by atoms with Crippen molar-refractivity contribution < 1.29 is 9.00 Å². The second-order valence-corrected chi connectivity index (χ2v) is 9.92. The van der Waals surface area contributed by atoms with Gasteiger partial charge in [0.15, 0.2) is 0 Å². The topological polar surface area (TPSA) is 69.9 Å². The lowest BCUT2D eigenvalue weighted by molar-refractivity contribution is -0.121. The Hall–Kier alpha value is -2.22. The van der Waals surface area contributed by atoms with Gasteiger partial charge in [-0.2, -0.15) is 0 Å². The Labute approximate surface area is 181 Å². The van der Waals surface area contributed by atoms with Crippen LogP contribution < -0.4 is 10.6 Å². The molecule has 2 aliphatic rings. The fourth-order valence-corrected chi connectivity index (χ4v) is 6.11. The van der Waals surface area contributed by atoms with Gasteiger partial charge in [-0.1, -0.05) is 48.5 Å². The number of piperazine rings is 1. The van der Waals surface area contributed by atoms with Crippen LogP contribution in [0.3, 0.4) is 0 Å². The quantitative estimate of drug-likeness (QED) is 0.767. The molecule has 1 unspecified atom stereocenters. The van der Waals surface area contributed by atoms with Crippen LogP contribution in [0.15, 0.2) is 60.7 Å². The van der Waals surface area contributed by atoms with E-state index in [2.05, 4.69) is 34.1 Å². The average Bonchev–Trinajstić information content (AvgIpc) is 2.80. The minimum Gasteiger partial charge on any atom is -0.369 e. The van der Waals surface area contributed by atoms with Crippen LogP contribution in [-0.4, -0.2) is 63.3 Å². The highest BCUT2D eigenvalue weighted by Gasteiger charge is 2.48. The summed E-state index contributed by atoms with van der Waals surface area (Å²) in [7, 11) is -1.41. The summed E-state index contributed by atoms with van der Waals surface area (Å²) in [5.41, 5.74) is 8.27. The van der Waals surface area contributed by atoms with Gasteiger partial charge in [-0.25, -0.2) is 8.51 Å². The number of nitrogens with two attached hydrogens (primary N) is 1. The summed E-state index contributed by atoms with van der Waals surface area (Å²) in [5, 5.41) is 0. The van der Waals surface area contributed by atoms with E-state index in [0.717, 1.165) is 32.7 Å². The zero-order valence-corrected chi connectivity index (χ0v) is 18.1. The van der Waals surface area contributed by atoms with Crippen LogP contribution in [0.2, 0.25) is 0 Å². The maximum atomic E-state index is 13.5. The molecular weight excluding hydrogens is 396 g/mol. The number of carbonyl (C=O) groups is 1. The molecule has 1 atom stereocenters. The minimum absolute atomic E-state index is 0.425. The highest BCUT2D eigenvalue weighted by atomic mass is 32.2. The van der Waals surface area contributed by atoms with E-state index in [1.807, 2.05) is 40.7 Å². The number of anilines is 1. The molecule has 2 N–H and O–H groups in total. The number of carbonyl (C=O) groups excluding carboxylic acids is 1. The van der Waals surface area contributed by atoms with E-state index >= 15 is 0 Å². The van der Waals surface area contributed by atoms with Crippen LogP contribution in [0, 0.1) is 0 Å². The summed E-state index contributed by atoms with van der Waals surface area (Å²) < 4.78 is 14.5. The lowest BCUT2D eigenvalue weighted by atomic mass is 9.94. The molecule has 2 aliphatic heterocycles. The van der Waals surface area contributed by atoms with Gasteiger partial charge in [0.2, 0.25) is 5.91 Å². The number of primary amides is 1. The number of benzene rings is 2.